The van der Waals surface area contributed by atoms with E-state index in [4.69, 9.17) is 4.74 Å². The van der Waals surface area contributed by atoms with Crippen molar-refractivity contribution in [1.29, 1.82) is 0 Å². The van der Waals surface area contributed by atoms with E-state index in [-0.39, 0.29) is 18.0 Å². The number of rotatable bonds is 4. The molecule has 0 bridgehead atoms. The molecule has 1 saturated heterocycles. The molecule has 5 nitrogen and oxygen atoms in total. The Labute approximate surface area is 191 Å². The molecule has 32 heavy (non-hydrogen) atoms. The van der Waals surface area contributed by atoms with Crippen molar-refractivity contribution in [3.05, 3.63) is 59.7 Å². The summed E-state index contributed by atoms with van der Waals surface area (Å²) in [7, 11) is 0. The molecular formula is C27H34N2O3. The summed E-state index contributed by atoms with van der Waals surface area (Å²) < 4.78 is 5.51. The van der Waals surface area contributed by atoms with E-state index in [0.717, 1.165) is 42.4 Å². The van der Waals surface area contributed by atoms with Crippen LogP contribution >= 0.6 is 0 Å². The molecule has 2 aromatic carbocycles. The van der Waals surface area contributed by atoms with Gasteiger partial charge in [0.05, 0.1) is 0 Å². The van der Waals surface area contributed by atoms with Crippen LogP contribution in [-0.4, -0.2) is 52.6 Å². The van der Waals surface area contributed by atoms with Crippen molar-refractivity contribution >= 4 is 12.0 Å². The summed E-state index contributed by atoms with van der Waals surface area (Å²) >= 11 is 0. The smallest absolute Gasteiger partial charge is 0.410 e. The Morgan fingerprint density at radius 2 is 1.34 bits per heavy atom. The maximum Gasteiger partial charge on any atom is 0.410 e. The van der Waals surface area contributed by atoms with Gasteiger partial charge in [0.25, 0.3) is 5.91 Å². The lowest BCUT2D eigenvalue weighted by atomic mass is 10.00. The molecule has 0 radical (unpaired) electrons. The van der Waals surface area contributed by atoms with Crippen LogP contribution in [0, 0.1) is 6.92 Å². The Bertz CT molecular complexity index is 948. The number of carbonyl (C=O) groups excluding carboxylic acids is 2. The summed E-state index contributed by atoms with van der Waals surface area (Å²) in [5, 5.41) is 0. The Kier molecular flexibility index (Phi) is 6.27. The zero-order chi connectivity index (χ0) is 22.9. The number of piperidine rings is 1. The minimum Gasteiger partial charge on any atom is -0.444 e. The second-order valence-corrected chi connectivity index (χ2v) is 10.1. The predicted octanol–water partition coefficient (Wildman–Crippen LogP) is 5.67. The van der Waals surface area contributed by atoms with Crippen LogP contribution in [0.25, 0.3) is 11.1 Å². The normalized spacial score (nSPS) is 17.2. The average molecular weight is 435 g/mol. The summed E-state index contributed by atoms with van der Waals surface area (Å²) in [6, 6.07) is 16.9. The summed E-state index contributed by atoms with van der Waals surface area (Å²) in [4.78, 5) is 29.7. The van der Waals surface area contributed by atoms with Crippen LogP contribution in [0.2, 0.25) is 0 Å². The first-order valence-corrected chi connectivity index (χ1v) is 11.7. The third kappa shape index (κ3) is 5.32. The molecule has 2 fully saturated rings. The maximum absolute atomic E-state index is 13.4. The van der Waals surface area contributed by atoms with Crippen molar-refractivity contribution in [3.63, 3.8) is 0 Å². The third-order valence-electron chi connectivity index (χ3n) is 6.20. The van der Waals surface area contributed by atoms with Gasteiger partial charge in [-0.2, -0.15) is 0 Å². The number of benzene rings is 2. The number of aryl methyl sites for hydroxylation is 1. The Hall–Kier alpha value is -2.82. The monoisotopic (exact) mass is 434 g/mol. The van der Waals surface area contributed by atoms with Crippen molar-refractivity contribution in [3.8, 4) is 11.1 Å². The Morgan fingerprint density at radius 3 is 1.84 bits per heavy atom. The summed E-state index contributed by atoms with van der Waals surface area (Å²) in [6.07, 6.45) is 3.47. The standard InChI is InChI=1S/C27H34N2O3/c1-19-5-7-20(8-6-19)21-9-11-22(12-10-21)25(30)29(23-13-14-23)24-15-17-28(18-16-24)26(31)32-27(2,3)4/h5-12,23-24H,13-18H2,1-4H3. The first-order valence-electron chi connectivity index (χ1n) is 11.7. The van der Waals surface area contributed by atoms with E-state index in [0.29, 0.717) is 19.1 Å². The molecule has 0 N–H and O–H groups in total. The molecular weight excluding hydrogens is 400 g/mol. The molecule has 170 valence electrons. The van der Waals surface area contributed by atoms with Gasteiger partial charge in [0.15, 0.2) is 0 Å². The number of hydrogen-bond acceptors (Lipinski definition) is 3. The zero-order valence-corrected chi connectivity index (χ0v) is 19.6. The number of hydrogen-bond donors (Lipinski definition) is 0. The van der Waals surface area contributed by atoms with Crippen LogP contribution in [0.5, 0.6) is 0 Å². The predicted molar refractivity (Wildman–Crippen MR) is 127 cm³/mol. The average Bonchev–Trinajstić information content (AvgIpc) is 3.59. The van der Waals surface area contributed by atoms with Crippen molar-refractivity contribution in [1.82, 2.24) is 9.80 Å². The Balaban J connectivity index is 1.42. The molecule has 1 aliphatic carbocycles. The van der Waals surface area contributed by atoms with Gasteiger partial charge in [-0.05, 0) is 76.6 Å². The first-order chi connectivity index (χ1) is 15.2. The van der Waals surface area contributed by atoms with Gasteiger partial charge in [0, 0.05) is 30.7 Å². The van der Waals surface area contributed by atoms with Crippen LogP contribution in [0.4, 0.5) is 4.79 Å². The molecule has 2 aliphatic rings. The van der Waals surface area contributed by atoms with E-state index in [1.807, 2.05) is 45.0 Å². The van der Waals surface area contributed by atoms with Crippen LogP contribution in [0.3, 0.4) is 0 Å². The lowest BCUT2D eigenvalue weighted by Crippen LogP contribution is -2.50. The van der Waals surface area contributed by atoms with E-state index in [1.54, 1.807) is 4.90 Å². The van der Waals surface area contributed by atoms with Crippen LogP contribution in [0.1, 0.15) is 62.4 Å². The van der Waals surface area contributed by atoms with Crippen molar-refractivity contribution in [2.24, 2.45) is 0 Å². The lowest BCUT2D eigenvalue weighted by Gasteiger charge is -2.39. The van der Waals surface area contributed by atoms with E-state index in [2.05, 4.69) is 36.1 Å². The van der Waals surface area contributed by atoms with E-state index >= 15 is 0 Å². The molecule has 1 heterocycles. The van der Waals surface area contributed by atoms with Gasteiger partial charge in [-0.25, -0.2) is 4.79 Å². The highest BCUT2D eigenvalue weighted by Crippen LogP contribution is 2.34. The second kappa shape index (κ2) is 8.97. The number of carbonyl (C=O) groups is 2. The molecule has 4 rings (SSSR count). The van der Waals surface area contributed by atoms with Crippen LogP contribution < -0.4 is 0 Å². The Morgan fingerprint density at radius 1 is 0.844 bits per heavy atom. The third-order valence-corrected chi connectivity index (χ3v) is 6.20. The second-order valence-electron chi connectivity index (χ2n) is 10.1. The van der Waals surface area contributed by atoms with Gasteiger partial charge in [0.2, 0.25) is 0 Å². The SMILES string of the molecule is Cc1ccc(-c2ccc(C(=O)N(C3CC3)C3CCN(C(=O)OC(C)(C)C)CC3)cc2)cc1. The highest BCUT2D eigenvalue weighted by molar-refractivity contribution is 5.95. The largest absolute Gasteiger partial charge is 0.444 e. The minimum absolute atomic E-state index is 0.110. The zero-order valence-electron chi connectivity index (χ0n) is 19.6. The van der Waals surface area contributed by atoms with Gasteiger partial charge >= 0.3 is 6.09 Å². The summed E-state index contributed by atoms with van der Waals surface area (Å²) in [5.74, 6) is 0.110. The molecule has 1 saturated carbocycles. The van der Waals surface area contributed by atoms with E-state index < -0.39 is 5.60 Å². The van der Waals surface area contributed by atoms with Crippen LogP contribution in [0.15, 0.2) is 48.5 Å². The van der Waals surface area contributed by atoms with Gasteiger partial charge < -0.3 is 14.5 Å². The van der Waals surface area contributed by atoms with Crippen molar-refractivity contribution < 1.29 is 14.3 Å². The molecule has 0 unspecified atom stereocenters. The molecule has 1 aliphatic heterocycles. The topological polar surface area (TPSA) is 49.9 Å². The summed E-state index contributed by atoms with van der Waals surface area (Å²) in [6.45, 7) is 8.99. The maximum atomic E-state index is 13.4. The fourth-order valence-electron chi connectivity index (χ4n) is 4.34. The molecule has 0 atom stereocenters. The lowest BCUT2D eigenvalue weighted by molar-refractivity contribution is 0.0142. The minimum atomic E-state index is -0.491. The highest BCUT2D eigenvalue weighted by atomic mass is 16.6. The van der Waals surface area contributed by atoms with Gasteiger partial charge in [0.1, 0.15) is 5.60 Å². The van der Waals surface area contributed by atoms with E-state index in [1.165, 1.54) is 5.56 Å². The number of ether oxygens (including phenoxy) is 1. The van der Waals surface area contributed by atoms with Gasteiger partial charge in [-0.1, -0.05) is 42.0 Å². The fourth-order valence-corrected chi connectivity index (χ4v) is 4.34. The van der Waals surface area contributed by atoms with E-state index in [9.17, 15) is 9.59 Å². The number of likely N-dealkylation sites (tertiary alicyclic amines) is 1. The van der Waals surface area contributed by atoms with Gasteiger partial charge in [-0.3, -0.25) is 4.79 Å². The van der Waals surface area contributed by atoms with Crippen molar-refractivity contribution in [2.45, 2.75) is 71.1 Å². The first kappa shape index (κ1) is 22.4. The quantitative estimate of drug-likeness (QED) is 0.623. The van der Waals surface area contributed by atoms with Crippen molar-refractivity contribution in [2.75, 3.05) is 13.1 Å². The molecule has 2 amide bonds. The molecule has 5 heteroatoms. The fraction of sp³-hybridized carbons (Fsp3) is 0.481. The number of amides is 2. The van der Waals surface area contributed by atoms with Crippen LogP contribution in [-0.2, 0) is 4.74 Å². The summed E-state index contributed by atoms with van der Waals surface area (Å²) in [5.41, 5.74) is 3.75. The molecule has 0 aromatic heterocycles. The van der Waals surface area contributed by atoms with Gasteiger partial charge in [-0.15, -0.1) is 0 Å². The number of nitrogens with zero attached hydrogens (tertiary/aromatic N) is 2. The highest BCUT2D eigenvalue weighted by Gasteiger charge is 2.39. The molecule has 2 aromatic rings. The molecule has 0 spiro atoms.